The summed E-state index contributed by atoms with van der Waals surface area (Å²) in [6.07, 6.45) is 1.43. The van der Waals surface area contributed by atoms with Gasteiger partial charge in [0.2, 0.25) is 16.8 Å². The molecule has 0 spiro atoms. The lowest BCUT2D eigenvalue weighted by atomic mass is 9.75. The van der Waals surface area contributed by atoms with Gasteiger partial charge in [0, 0.05) is 17.7 Å². The molecule has 1 aromatic heterocycles. The lowest BCUT2D eigenvalue weighted by Gasteiger charge is -2.38. The van der Waals surface area contributed by atoms with Crippen molar-refractivity contribution in [1.82, 2.24) is 10.2 Å². The van der Waals surface area contributed by atoms with Crippen LogP contribution in [0.15, 0.2) is 63.4 Å². The number of nitrogens with two attached hydrogens (primary N) is 2. The minimum Gasteiger partial charge on any atom is -0.493 e. The van der Waals surface area contributed by atoms with Gasteiger partial charge in [-0.05, 0) is 42.7 Å². The number of aromatic nitrogens is 2. The highest BCUT2D eigenvalue weighted by molar-refractivity contribution is 8.01. The lowest BCUT2D eigenvalue weighted by molar-refractivity contribution is -0.116. The van der Waals surface area contributed by atoms with Crippen molar-refractivity contribution in [3.63, 3.8) is 0 Å². The molecule has 232 valence electrons. The topological polar surface area (TPSA) is 196 Å². The summed E-state index contributed by atoms with van der Waals surface area (Å²) in [5, 5.41) is 21.9. The third-order valence-electron chi connectivity index (χ3n) is 7.31. The van der Waals surface area contributed by atoms with Gasteiger partial charge in [-0.15, -0.1) is 10.2 Å². The summed E-state index contributed by atoms with van der Waals surface area (Å²) < 4.78 is 17.0. The number of methoxy groups -OCH3 is 3. The SMILES string of the molecule is COc1cc(C2C(C#N)=C(N)N(c3nnc(SCC(=O)Nc4ccccc4C(N)=O)s3)C3=C2C(=O)CCC3)cc(OC)c1OC. The fourth-order valence-corrected chi connectivity index (χ4v) is 7.06. The number of nitrogens with zero attached hydrogens (tertiary/aromatic N) is 4. The molecule has 2 heterocycles. The molecule has 0 bridgehead atoms. The average molecular weight is 648 g/mol. The van der Waals surface area contributed by atoms with Gasteiger partial charge in [-0.1, -0.05) is 35.2 Å². The number of ketones is 1. The fraction of sp³-hybridized carbons (Fsp3) is 0.267. The molecular formula is C30H29N7O6S2. The summed E-state index contributed by atoms with van der Waals surface area (Å²) >= 11 is 2.31. The van der Waals surface area contributed by atoms with Crippen LogP contribution in [0.4, 0.5) is 10.8 Å². The number of para-hydroxylation sites is 1. The molecule has 1 atom stereocenters. The summed E-state index contributed by atoms with van der Waals surface area (Å²) in [6.45, 7) is 0. The standard InChI is InChI=1S/C30H29N7O6S2/c1-41-21-11-15(12-22(42-2)26(21)43-3)24-17(13-31)27(32)37(19-9-6-10-20(38)25(19)24)29-35-36-30(45-29)44-14-23(39)34-18-8-5-4-7-16(18)28(33)40/h4-5,7-8,11-12,24H,6,9-10,14,32H2,1-3H3,(H2,33,40)(H,34,39). The Hall–Kier alpha value is -5.07. The molecule has 2 aromatic carbocycles. The van der Waals surface area contributed by atoms with Crippen molar-refractivity contribution in [2.75, 3.05) is 37.3 Å². The number of nitrogens with one attached hydrogen (secondary N) is 1. The maximum atomic E-state index is 13.5. The number of thioether (sulfide) groups is 1. The number of allylic oxidation sites excluding steroid dienone is 3. The summed E-state index contributed by atoms with van der Waals surface area (Å²) in [6, 6.07) is 12.1. The van der Waals surface area contributed by atoms with Crippen LogP contribution in [0.1, 0.15) is 41.1 Å². The molecule has 0 fully saturated rings. The first-order valence-corrected chi connectivity index (χ1v) is 15.4. The number of anilines is 2. The summed E-state index contributed by atoms with van der Waals surface area (Å²) in [7, 11) is 4.47. The van der Waals surface area contributed by atoms with Crippen LogP contribution >= 0.6 is 23.1 Å². The normalized spacial score (nSPS) is 16.2. The zero-order valence-electron chi connectivity index (χ0n) is 24.6. The molecular weight excluding hydrogens is 619 g/mol. The van der Waals surface area contributed by atoms with Crippen molar-refractivity contribution >= 4 is 51.5 Å². The van der Waals surface area contributed by atoms with E-state index in [4.69, 9.17) is 25.7 Å². The van der Waals surface area contributed by atoms with Crippen LogP contribution in [-0.2, 0) is 9.59 Å². The minimum absolute atomic E-state index is 0.0217. The van der Waals surface area contributed by atoms with E-state index in [2.05, 4.69) is 21.6 Å². The molecule has 0 saturated carbocycles. The number of ether oxygens (including phenoxy) is 3. The molecule has 1 unspecified atom stereocenters. The molecule has 13 nitrogen and oxygen atoms in total. The van der Waals surface area contributed by atoms with E-state index < -0.39 is 11.8 Å². The monoisotopic (exact) mass is 647 g/mol. The largest absolute Gasteiger partial charge is 0.493 e. The van der Waals surface area contributed by atoms with Gasteiger partial charge in [-0.2, -0.15) is 5.26 Å². The molecule has 5 rings (SSSR count). The summed E-state index contributed by atoms with van der Waals surface area (Å²) in [4.78, 5) is 39.5. The minimum atomic E-state index is -0.767. The van der Waals surface area contributed by atoms with E-state index >= 15 is 0 Å². The first-order valence-electron chi connectivity index (χ1n) is 13.6. The molecule has 0 radical (unpaired) electrons. The number of rotatable bonds is 10. The van der Waals surface area contributed by atoms with Gasteiger partial charge in [0.1, 0.15) is 5.82 Å². The Morgan fingerprint density at radius 1 is 1.13 bits per heavy atom. The van der Waals surface area contributed by atoms with E-state index in [1.165, 1.54) is 38.7 Å². The van der Waals surface area contributed by atoms with Crippen LogP contribution in [0, 0.1) is 11.3 Å². The first kappa shape index (κ1) is 31.4. The van der Waals surface area contributed by atoms with Crippen LogP contribution in [0.2, 0.25) is 0 Å². The second-order valence-electron chi connectivity index (χ2n) is 9.87. The van der Waals surface area contributed by atoms with Crippen LogP contribution < -0.4 is 35.9 Å². The number of benzene rings is 2. The number of hydrogen-bond acceptors (Lipinski definition) is 13. The Kier molecular flexibility index (Phi) is 9.26. The lowest BCUT2D eigenvalue weighted by Crippen LogP contribution is -2.38. The van der Waals surface area contributed by atoms with E-state index in [1.807, 2.05) is 0 Å². The third kappa shape index (κ3) is 6.02. The number of hydrogen-bond donors (Lipinski definition) is 3. The summed E-state index contributed by atoms with van der Waals surface area (Å²) in [5.41, 5.74) is 14.4. The number of carbonyl (C=O) groups excluding carboxylic acids is 3. The molecule has 45 heavy (non-hydrogen) atoms. The molecule has 3 aromatic rings. The Balaban J connectivity index is 1.46. The molecule has 15 heteroatoms. The van der Waals surface area contributed by atoms with E-state index in [1.54, 1.807) is 35.2 Å². The van der Waals surface area contributed by atoms with Crippen molar-refractivity contribution in [2.45, 2.75) is 29.5 Å². The number of nitriles is 1. The van der Waals surface area contributed by atoms with Crippen LogP contribution in [0.25, 0.3) is 0 Å². The quantitative estimate of drug-likeness (QED) is 0.270. The van der Waals surface area contributed by atoms with E-state index in [9.17, 15) is 19.6 Å². The van der Waals surface area contributed by atoms with E-state index in [-0.39, 0.29) is 34.4 Å². The van der Waals surface area contributed by atoms with Gasteiger partial charge in [0.15, 0.2) is 21.6 Å². The van der Waals surface area contributed by atoms with Crippen molar-refractivity contribution in [3.8, 4) is 23.3 Å². The van der Waals surface area contributed by atoms with Gasteiger partial charge in [0.25, 0.3) is 5.91 Å². The van der Waals surface area contributed by atoms with Gasteiger partial charge in [-0.25, -0.2) is 0 Å². The molecule has 5 N–H and O–H groups in total. The predicted molar refractivity (Wildman–Crippen MR) is 168 cm³/mol. The third-order valence-corrected chi connectivity index (χ3v) is 9.36. The van der Waals surface area contributed by atoms with Gasteiger partial charge in [-0.3, -0.25) is 19.3 Å². The van der Waals surface area contributed by atoms with Crippen LogP contribution in [0.3, 0.4) is 0 Å². The maximum absolute atomic E-state index is 13.5. The van der Waals surface area contributed by atoms with Gasteiger partial charge in [0.05, 0.1) is 55.9 Å². The van der Waals surface area contributed by atoms with Crippen molar-refractivity contribution in [1.29, 1.82) is 5.26 Å². The van der Waals surface area contributed by atoms with Crippen LogP contribution in [0.5, 0.6) is 17.2 Å². The Morgan fingerprint density at radius 3 is 2.49 bits per heavy atom. The van der Waals surface area contributed by atoms with Gasteiger partial charge < -0.3 is 31.0 Å². The second kappa shape index (κ2) is 13.3. The maximum Gasteiger partial charge on any atom is 0.250 e. The molecule has 1 aliphatic heterocycles. The molecule has 2 amide bonds. The number of Topliss-reactive ketones (excluding diaryl/α,β-unsaturated/α-hetero) is 1. The first-order chi connectivity index (χ1) is 21.7. The highest BCUT2D eigenvalue weighted by Crippen LogP contribution is 2.50. The predicted octanol–water partition coefficient (Wildman–Crippen LogP) is 3.70. The fourth-order valence-electron chi connectivity index (χ4n) is 5.38. The highest BCUT2D eigenvalue weighted by Gasteiger charge is 2.42. The van der Waals surface area contributed by atoms with E-state index in [0.29, 0.717) is 68.5 Å². The Bertz CT molecular complexity index is 1770. The molecule has 2 aliphatic rings. The van der Waals surface area contributed by atoms with Crippen LogP contribution in [-0.4, -0.2) is 54.9 Å². The number of primary amides is 1. The Morgan fingerprint density at radius 2 is 1.84 bits per heavy atom. The molecule has 0 saturated heterocycles. The summed E-state index contributed by atoms with van der Waals surface area (Å²) in [5.74, 6) is -0.657. The van der Waals surface area contributed by atoms with Crippen molar-refractivity contribution in [3.05, 3.63) is 70.2 Å². The Labute approximate surface area is 266 Å². The zero-order valence-corrected chi connectivity index (χ0v) is 26.2. The average Bonchev–Trinajstić information content (AvgIpc) is 3.51. The number of amides is 2. The van der Waals surface area contributed by atoms with E-state index in [0.717, 1.165) is 11.8 Å². The number of carbonyl (C=O) groups is 3. The zero-order chi connectivity index (χ0) is 32.2. The molecule has 1 aliphatic carbocycles. The second-order valence-corrected chi connectivity index (χ2v) is 12.1. The highest BCUT2D eigenvalue weighted by atomic mass is 32.2. The smallest absolute Gasteiger partial charge is 0.250 e. The van der Waals surface area contributed by atoms with Crippen molar-refractivity contribution < 1.29 is 28.6 Å². The van der Waals surface area contributed by atoms with Gasteiger partial charge >= 0.3 is 0 Å². The van der Waals surface area contributed by atoms with Crippen molar-refractivity contribution in [2.24, 2.45) is 11.5 Å².